The van der Waals surface area contributed by atoms with Gasteiger partial charge in [-0.05, 0) is 44.6 Å². The van der Waals surface area contributed by atoms with E-state index in [0.717, 1.165) is 38.2 Å². The molecular weight excluding hydrogens is 262 g/mol. The molecule has 2 atom stereocenters. The van der Waals surface area contributed by atoms with Gasteiger partial charge in [-0.3, -0.25) is 0 Å². The topological polar surface area (TPSA) is 41.5 Å². The van der Waals surface area contributed by atoms with E-state index in [1.165, 1.54) is 11.1 Å². The molecule has 1 heterocycles. The molecule has 2 N–H and O–H groups in total. The van der Waals surface area contributed by atoms with Gasteiger partial charge in [0.05, 0.1) is 12.7 Å². The van der Waals surface area contributed by atoms with Crippen LogP contribution in [-0.4, -0.2) is 24.4 Å². The van der Waals surface area contributed by atoms with Crippen molar-refractivity contribution in [2.45, 2.75) is 59.1 Å². The van der Waals surface area contributed by atoms with E-state index in [1.54, 1.807) is 0 Å². The number of hydrogen-bond donors (Lipinski definition) is 2. The smallest absolute Gasteiger partial charge is 0.124 e. The normalized spacial score (nSPS) is 20.3. The Bertz CT molecular complexity index is 468. The zero-order chi connectivity index (χ0) is 15.5. The Morgan fingerprint density at radius 3 is 2.90 bits per heavy atom. The number of nitrogens with one attached hydrogen (secondary N) is 1. The molecule has 21 heavy (non-hydrogen) atoms. The van der Waals surface area contributed by atoms with Crippen LogP contribution in [0.5, 0.6) is 5.75 Å². The third kappa shape index (κ3) is 4.72. The maximum atomic E-state index is 9.62. The van der Waals surface area contributed by atoms with Gasteiger partial charge in [0.25, 0.3) is 0 Å². The summed E-state index contributed by atoms with van der Waals surface area (Å²) >= 11 is 0. The van der Waals surface area contributed by atoms with Crippen molar-refractivity contribution in [3.8, 4) is 5.75 Å². The summed E-state index contributed by atoms with van der Waals surface area (Å²) in [5.74, 6) is 1.02. The predicted molar refractivity (Wildman–Crippen MR) is 86.7 cm³/mol. The highest BCUT2D eigenvalue weighted by Gasteiger charge is 2.24. The van der Waals surface area contributed by atoms with Crippen LogP contribution in [0.3, 0.4) is 0 Å². The minimum atomic E-state index is -0.256. The first-order valence-corrected chi connectivity index (χ1v) is 8.02. The number of hydrogen-bond acceptors (Lipinski definition) is 3. The van der Waals surface area contributed by atoms with Crippen molar-refractivity contribution in [3.05, 3.63) is 29.3 Å². The SMILES string of the molecule is Cc1ccc2c(c1)C(NCC(C)(C)CC(C)O)CCCO2. The molecule has 2 unspecified atom stereocenters. The van der Waals surface area contributed by atoms with Crippen LogP contribution in [0.15, 0.2) is 18.2 Å². The molecule has 0 spiro atoms. The van der Waals surface area contributed by atoms with Gasteiger partial charge in [0.1, 0.15) is 5.75 Å². The second kappa shape index (κ2) is 6.80. The van der Waals surface area contributed by atoms with E-state index in [-0.39, 0.29) is 11.5 Å². The Balaban J connectivity index is 2.08. The minimum Gasteiger partial charge on any atom is -0.493 e. The molecule has 0 aliphatic carbocycles. The van der Waals surface area contributed by atoms with Crippen molar-refractivity contribution >= 4 is 0 Å². The predicted octanol–water partition coefficient (Wildman–Crippen LogP) is 3.60. The van der Waals surface area contributed by atoms with Crippen molar-refractivity contribution < 1.29 is 9.84 Å². The molecule has 0 amide bonds. The molecule has 3 heteroatoms. The van der Waals surface area contributed by atoms with E-state index in [9.17, 15) is 5.11 Å². The number of fused-ring (bicyclic) bond motifs is 1. The first-order valence-electron chi connectivity index (χ1n) is 8.02. The first-order chi connectivity index (χ1) is 9.87. The first kappa shape index (κ1) is 16.3. The minimum absolute atomic E-state index is 0.0886. The summed E-state index contributed by atoms with van der Waals surface area (Å²) in [5, 5.41) is 13.3. The Labute approximate surface area is 128 Å². The van der Waals surface area contributed by atoms with Crippen LogP contribution < -0.4 is 10.1 Å². The number of rotatable bonds is 5. The van der Waals surface area contributed by atoms with Gasteiger partial charge in [0, 0.05) is 18.2 Å². The Morgan fingerprint density at radius 1 is 1.43 bits per heavy atom. The molecule has 1 aliphatic rings. The summed E-state index contributed by atoms with van der Waals surface area (Å²) in [6, 6.07) is 6.78. The fourth-order valence-corrected chi connectivity index (χ4v) is 3.18. The van der Waals surface area contributed by atoms with E-state index in [0.29, 0.717) is 6.04 Å². The summed E-state index contributed by atoms with van der Waals surface area (Å²) in [6.07, 6.45) is 2.72. The Kier molecular flexibility index (Phi) is 5.28. The highest BCUT2D eigenvalue weighted by Crippen LogP contribution is 2.33. The van der Waals surface area contributed by atoms with E-state index >= 15 is 0 Å². The monoisotopic (exact) mass is 291 g/mol. The van der Waals surface area contributed by atoms with Crippen molar-refractivity contribution in [2.75, 3.05) is 13.2 Å². The number of ether oxygens (including phenoxy) is 1. The fourth-order valence-electron chi connectivity index (χ4n) is 3.18. The molecular formula is C18H29NO2. The lowest BCUT2D eigenvalue weighted by Crippen LogP contribution is -2.34. The molecule has 1 aromatic rings. The standard InChI is InChI=1S/C18H29NO2/c1-13-7-8-17-15(10-13)16(6-5-9-21-17)19-12-18(3,4)11-14(2)20/h7-8,10,14,16,19-20H,5-6,9,11-12H2,1-4H3. The highest BCUT2D eigenvalue weighted by atomic mass is 16.5. The number of aliphatic hydroxyl groups is 1. The lowest BCUT2D eigenvalue weighted by atomic mass is 9.86. The summed E-state index contributed by atoms with van der Waals surface area (Å²) in [5.41, 5.74) is 2.64. The molecule has 0 saturated carbocycles. The summed E-state index contributed by atoms with van der Waals surface area (Å²) < 4.78 is 5.85. The van der Waals surface area contributed by atoms with Crippen LogP contribution in [-0.2, 0) is 0 Å². The van der Waals surface area contributed by atoms with Crippen molar-refractivity contribution in [1.29, 1.82) is 0 Å². The molecule has 0 saturated heterocycles. The number of aryl methyl sites for hydroxylation is 1. The van der Waals surface area contributed by atoms with Crippen molar-refractivity contribution in [1.82, 2.24) is 5.32 Å². The largest absolute Gasteiger partial charge is 0.493 e. The second-order valence-corrected chi connectivity index (χ2v) is 7.18. The van der Waals surface area contributed by atoms with Gasteiger partial charge in [-0.1, -0.05) is 31.5 Å². The van der Waals surface area contributed by atoms with Crippen LogP contribution in [0, 0.1) is 12.3 Å². The number of benzene rings is 1. The Morgan fingerprint density at radius 2 is 2.19 bits per heavy atom. The van der Waals surface area contributed by atoms with E-state index in [1.807, 2.05) is 6.92 Å². The molecule has 0 bridgehead atoms. The van der Waals surface area contributed by atoms with Gasteiger partial charge in [0.15, 0.2) is 0 Å². The zero-order valence-corrected chi connectivity index (χ0v) is 13.8. The van der Waals surface area contributed by atoms with Crippen LogP contribution in [0.25, 0.3) is 0 Å². The third-order valence-corrected chi connectivity index (χ3v) is 4.11. The van der Waals surface area contributed by atoms with E-state index in [2.05, 4.69) is 44.3 Å². The molecule has 0 radical (unpaired) electrons. The quantitative estimate of drug-likeness (QED) is 0.871. The van der Waals surface area contributed by atoms with Gasteiger partial charge in [0.2, 0.25) is 0 Å². The maximum absolute atomic E-state index is 9.62. The summed E-state index contributed by atoms with van der Waals surface area (Å²) in [7, 11) is 0. The molecule has 1 aromatic carbocycles. The van der Waals surface area contributed by atoms with Crippen molar-refractivity contribution in [2.24, 2.45) is 5.41 Å². The van der Waals surface area contributed by atoms with Gasteiger partial charge in [-0.15, -0.1) is 0 Å². The summed E-state index contributed by atoms with van der Waals surface area (Å²) in [4.78, 5) is 0. The lowest BCUT2D eigenvalue weighted by molar-refractivity contribution is 0.126. The maximum Gasteiger partial charge on any atom is 0.124 e. The van der Waals surface area contributed by atoms with Crippen LogP contribution in [0.2, 0.25) is 0 Å². The zero-order valence-electron chi connectivity index (χ0n) is 13.8. The van der Waals surface area contributed by atoms with Crippen LogP contribution >= 0.6 is 0 Å². The Hall–Kier alpha value is -1.06. The molecule has 3 nitrogen and oxygen atoms in total. The van der Waals surface area contributed by atoms with Gasteiger partial charge < -0.3 is 15.2 Å². The number of aliphatic hydroxyl groups excluding tert-OH is 1. The molecule has 1 aliphatic heterocycles. The van der Waals surface area contributed by atoms with Crippen LogP contribution in [0.4, 0.5) is 0 Å². The molecule has 118 valence electrons. The average molecular weight is 291 g/mol. The molecule has 0 fully saturated rings. The third-order valence-electron chi connectivity index (χ3n) is 4.11. The van der Waals surface area contributed by atoms with E-state index in [4.69, 9.17) is 4.74 Å². The fraction of sp³-hybridized carbons (Fsp3) is 0.667. The highest BCUT2D eigenvalue weighted by molar-refractivity contribution is 5.39. The van der Waals surface area contributed by atoms with Gasteiger partial charge >= 0.3 is 0 Å². The summed E-state index contributed by atoms with van der Waals surface area (Å²) in [6.45, 7) is 10.1. The second-order valence-electron chi connectivity index (χ2n) is 7.18. The van der Waals surface area contributed by atoms with Gasteiger partial charge in [-0.2, -0.15) is 0 Å². The van der Waals surface area contributed by atoms with Gasteiger partial charge in [-0.25, -0.2) is 0 Å². The van der Waals surface area contributed by atoms with Crippen LogP contribution in [0.1, 0.15) is 57.2 Å². The molecule has 2 rings (SSSR count). The lowest BCUT2D eigenvalue weighted by Gasteiger charge is -2.29. The molecule has 0 aromatic heterocycles. The van der Waals surface area contributed by atoms with Crippen molar-refractivity contribution in [3.63, 3.8) is 0 Å². The van der Waals surface area contributed by atoms with E-state index < -0.39 is 0 Å². The average Bonchev–Trinajstić information content (AvgIpc) is 2.57.